The first-order valence-corrected chi connectivity index (χ1v) is 24.6. The number of rotatable bonds is 12. The molecule has 3 nitrogen and oxygen atoms in total. The number of fused-ring (bicyclic) bond motifs is 3. The summed E-state index contributed by atoms with van der Waals surface area (Å²) in [6, 6.07) is 35.6. The van der Waals surface area contributed by atoms with E-state index in [-0.39, 0.29) is 5.41 Å². The van der Waals surface area contributed by atoms with Crippen molar-refractivity contribution >= 4 is 47.8 Å². The average Bonchev–Trinajstić information content (AvgIpc) is 3.39. The Morgan fingerprint density at radius 1 is 0.849 bits per heavy atom. The topological polar surface area (TPSA) is 39.1 Å². The summed E-state index contributed by atoms with van der Waals surface area (Å²) >= 11 is 1.45. The van der Waals surface area contributed by atoms with Gasteiger partial charge in [-0.15, -0.1) is 0 Å². The molecule has 53 heavy (non-hydrogen) atoms. The summed E-state index contributed by atoms with van der Waals surface area (Å²) in [6.45, 7) is 12.1. The lowest BCUT2D eigenvalue weighted by atomic mass is 9.76. The first kappa shape index (κ1) is 37.1. The van der Waals surface area contributed by atoms with Gasteiger partial charge in [-0.05, 0) is 134 Å². The van der Waals surface area contributed by atoms with Gasteiger partial charge in [0.15, 0.2) is 0 Å². The van der Waals surface area contributed by atoms with Gasteiger partial charge in [-0.3, -0.25) is 0 Å². The lowest BCUT2D eigenvalue weighted by Gasteiger charge is -2.33. The van der Waals surface area contributed by atoms with E-state index in [1.165, 1.54) is 74.9 Å². The minimum absolute atomic E-state index is 0.0189. The van der Waals surface area contributed by atoms with E-state index in [0.717, 1.165) is 43.5 Å². The van der Waals surface area contributed by atoms with E-state index < -0.39 is 8.07 Å². The molecule has 0 heterocycles. The lowest BCUT2D eigenvalue weighted by molar-refractivity contribution is 0.435. The van der Waals surface area contributed by atoms with E-state index in [4.69, 9.17) is 0 Å². The van der Waals surface area contributed by atoms with Crippen molar-refractivity contribution < 1.29 is 0 Å². The third kappa shape index (κ3) is 8.15. The number of aryl methyl sites for hydroxylation is 1. The lowest BCUT2D eigenvalue weighted by Crippen LogP contribution is -2.37. The molecule has 0 saturated carbocycles. The Morgan fingerprint density at radius 2 is 1.55 bits per heavy atom. The molecule has 3 aliphatic carbocycles. The fraction of sp³-hybridized carbons (Fsp3) is 0.354. The van der Waals surface area contributed by atoms with E-state index in [1.807, 2.05) is 12.1 Å². The molecule has 2 unspecified atom stereocenters. The zero-order valence-corrected chi connectivity index (χ0v) is 34.4. The van der Waals surface area contributed by atoms with Gasteiger partial charge in [-0.25, -0.2) is 0 Å². The Labute approximate surface area is 323 Å². The Morgan fingerprint density at radius 3 is 2.19 bits per heavy atom. The normalized spacial score (nSPS) is 18.9. The third-order valence-corrected chi connectivity index (χ3v) is 14.6. The molecular weight excluding hydrogens is 679 g/mol. The van der Waals surface area contributed by atoms with Crippen LogP contribution in [-0.2, 0) is 23.6 Å². The number of thiol groups is 1. The Kier molecular flexibility index (Phi) is 10.9. The zero-order chi connectivity index (χ0) is 37.2. The summed E-state index contributed by atoms with van der Waals surface area (Å²) < 4.78 is 0. The molecule has 272 valence electrons. The number of hydrogen-bond acceptors (Lipinski definition) is 3. The Balaban J connectivity index is 1.01. The zero-order valence-electron chi connectivity index (χ0n) is 32.5. The van der Waals surface area contributed by atoms with Crippen LogP contribution in [0.25, 0.3) is 0 Å². The van der Waals surface area contributed by atoms with Gasteiger partial charge < -0.3 is 10.2 Å². The summed E-state index contributed by atoms with van der Waals surface area (Å²) in [5.74, 6) is 2.40. The van der Waals surface area contributed by atoms with Crippen molar-refractivity contribution in [3.8, 4) is 6.07 Å². The molecule has 0 bridgehead atoms. The molecule has 0 aliphatic heterocycles. The van der Waals surface area contributed by atoms with Crippen LogP contribution in [0, 0.1) is 17.2 Å². The number of benzene rings is 4. The molecule has 0 fully saturated rings. The van der Waals surface area contributed by atoms with Gasteiger partial charge in [0.1, 0.15) is 5.75 Å². The molecule has 1 N–H and O–H groups in total. The van der Waals surface area contributed by atoms with E-state index in [2.05, 4.69) is 153 Å². The first-order valence-electron chi connectivity index (χ1n) is 19.6. The number of allylic oxidation sites excluding steroid dienone is 6. The van der Waals surface area contributed by atoms with E-state index in [9.17, 15) is 5.26 Å². The highest BCUT2D eigenvalue weighted by Gasteiger charge is 2.42. The highest BCUT2D eigenvalue weighted by atomic mass is 32.2. The molecule has 7 rings (SSSR count). The molecule has 0 spiro atoms. The van der Waals surface area contributed by atoms with Gasteiger partial charge in [0.2, 0.25) is 0 Å². The molecule has 0 radical (unpaired) electrons. The minimum Gasteiger partial charge on any atom is -0.356 e. The van der Waals surface area contributed by atoms with Crippen LogP contribution in [0.4, 0.5) is 22.7 Å². The van der Waals surface area contributed by atoms with Gasteiger partial charge >= 0.3 is 0 Å². The van der Waals surface area contributed by atoms with Crippen LogP contribution in [0.15, 0.2) is 126 Å². The highest BCUT2D eigenvalue weighted by molar-refractivity contribution is 7.77. The molecule has 0 aromatic heterocycles. The molecule has 0 amide bonds. The maximum absolute atomic E-state index is 9.42. The Bertz CT molecular complexity index is 2060. The van der Waals surface area contributed by atoms with Crippen LogP contribution in [-0.4, -0.2) is 20.1 Å². The number of anilines is 4. The van der Waals surface area contributed by atoms with Crippen LogP contribution in [0.5, 0.6) is 0 Å². The van der Waals surface area contributed by atoms with Crippen molar-refractivity contribution in [2.45, 2.75) is 89.8 Å². The minimum atomic E-state index is -1.39. The summed E-state index contributed by atoms with van der Waals surface area (Å²) in [5.41, 5.74) is 14.2. The number of nitrogens with one attached hydrogen (secondary N) is 1. The summed E-state index contributed by atoms with van der Waals surface area (Å²) in [6.07, 6.45) is 17.8. The van der Waals surface area contributed by atoms with Gasteiger partial charge in [0.25, 0.3) is 0 Å². The van der Waals surface area contributed by atoms with E-state index in [0.29, 0.717) is 17.4 Å². The predicted octanol–water partition coefficient (Wildman–Crippen LogP) is 11.8. The Hall–Kier alpha value is -4.24. The third-order valence-electron chi connectivity index (χ3n) is 11.9. The van der Waals surface area contributed by atoms with E-state index >= 15 is 0 Å². The molecular formula is C48H56N3SSi+. The van der Waals surface area contributed by atoms with Gasteiger partial charge in [0.05, 0.1) is 26.0 Å². The smallest absolute Gasteiger partial charge is 0.109 e. The van der Waals surface area contributed by atoms with E-state index in [1.54, 1.807) is 5.57 Å². The maximum Gasteiger partial charge on any atom is 0.109 e. The van der Waals surface area contributed by atoms with Gasteiger partial charge in [0, 0.05) is 46.2 Å². The van der Waals surface area contributed by atoms with Crippen molar-refractivity contribution in [1.82, 2.24) is 0 Å². The predicted molar refractivity (Wildman–Crippen MR) is 233 cm³/mol. The molecule has 2 atom stereocenters. The summed E-state index contributed by atoms with van der Waals surface area (Å²) in [4.78, 5) is 2.42. The van der Waals surface area contributed by atoms with Crippen LogP contribution < -0.4 is 15.4 Å². The first-order chi connectivity index (χ1) is 25.5. The van der Waals surface area contributed by atoms with Crippen molar-refractivity contribution in [3.63, 3.8) is 0 Å². The standard InChI is InChI=1S/C48H55N3SSi/c1-48(2)46-31-36(15-27-44(46)45-28-18-39(32-47(45)48)50-38-16-9-35(10-17-38)29-30-52-3)8-7-34-11-19-40(20-12-34)51(41-21-13-37(33-49)14-22-41)42-23-25-43(26-24-42)53(4,5)6/h9-10,13-19,21-26,28,31-32,34,44,50H,7-8,11-12,20,27,29-30H2,1-6H3/p+1. The largest absolute Gasteiger partial charge is 0.356 e. The number of nitriles is 1. The SMILES string of the molecule is C[SH+]CCc1ccc(Nc2ccc3c(c2)C(C)(C)C2=CC(CCC4CC=C(N(c5ccc(C#N)cc5)c5ccc([Si](C)(C)C)cc5)CC4)=CCC23)cc1. The number of nitrogens with zero attached hydrogens (tertiary/aromatic N) is 2. The van der Waals surface area contributed by atoms with Crippen LogP contribution >= 0.6 is 0 Å². The second kappa shape index (κ2) is 15.6. The fourth-order valence-electron chi connectivity index (χ4n) is 8.62. The van der Waals surface area contributed by atoms with Crippen LogP contribution in [0.3, 0.4) is 0 Å². The quantitative estimate of drug-likeness (QED) is 0.0895. The number of hydrogen-bond donors (Lipinski definition) is 1. The van der Waals surface area contributed by atoms with Crippen molar-refractivity contribution in [2.75, 3.05) is 22.2 Å². The highest BCUT2D eigenvalue weighted by Crippen LogP contribution is 2.54. The second-order valence-electron chi connectivity index (χ2n) is 16.9. The molecule has 5 heteroatoms. The monoisotopic (exact) mass is 734 g/mol. The summed E-state index contributed by atoms with van der Waals surface area (Å²) in [7, 11) is -1.39. The maximum atomic E-state index is 9.42. The molecule has 4 aromatic carbocycles. The van der Waals surface area contributed by atoms with Crippen LogP contribution in [0.1, 0.15) is 80.5 Å². The van der Waals surface area contributed by atoms with Crippen molar-refractivity contribution in [1.29, 1.82) is 5.26 Å². The van der Waals surface area contributed by atoms with Crippen molar-refractivity contribution in [3.05, 3.63) is 148 Å². The van der Waals surface area contributed by atoms with Crippen molar-refractivity contribution in [2.24, 2.45) is 5.92 Å². The summed E-state index contributed by atoms with van der Waals surface area (Å²) in [5, 5.41) is 14.6. The van der Waals surface area contributed by atoms with Gasteiger partial charge in [-0.1, -0.05) is 98.4 Å². The fourth-order valence-corrected chi connectivity index (χ4v) is 10.3. The second-order valence-corrected chi connectivity index (χ2v) is 23.0. The van der Waals surface area contributed by atoms with Gasteiger partial charge in [-0.2, -0.15) is 5.26 Å². The average molecular weight is 735 g/mol. The molecule has 4 aromatic rings. The molecule has 0 saturated heterocycles. The van der Waals surface area contributed by atoms with Crippen LogP contribution in [0.2, 0.25) is 19.6 Å². The molecule has 3 aliphatic rings.